The van der Waals surface area contributed by atoms with Crippen molar-refractivity contribution in [2.75, 3.05) is 7.05 Å². The van der Waals surface area contributed by atoms with Crippen LogP contribution in [0.15, 0.2) is 51.8 Å². The highest BCUT2D eigenvalue weighted by atomic mass is 32.2. The van der Waals surface area contributed by atoms with Gasteiger partial charge >= 0.3 is 5.97 Å². The van der Waals surface area contributed by atoms with Gasteiger partial charge in [-0.2, -0.15) is 0 Å². The number of fused-ring (bicyclic) bond motifs is 1. The van der Waals surface area contributed by atoms with Crippen molar-refractivity contribution in [2.45, 2.75) is 11.5 Å². The summed E-state index contributed by atoms with van der Waals surface area (Å²) in [7, 11) is -2.60. The molecule has 0 fully saturated rings. The number of rotatable bonds is 5. The van der Waals surface area contributed by atoms with Crippen molar-refractivity contribution < 1.29 is 26.8 Å². The van der Waals surface area contributed by atoms with E-state index in [1.807, 2.05) is 0 Å². The standard InChI is InChI=1S/C16H13FN2O5S/c1-18-25(21,22)10-6-7-12(17)11(8-10)16(20)23-9-15-19-13-4-2-3-5-14(13)24-15/h2-8,18H,9H2,1H3. The van der Waals surface area contributed by atoms with Crippen LogP contribution in [0.25, 0.3) is 11.1 Å². The number of hydrogen-bond donors (Lipinski definition) is 1. The van der Waals surface area contributed by atoms with Gasteiger partial charge in [0.2, 0.25) is 15.9 Å². The molecule has 2 aromatic carbocycles. The van der Waals surface area contributed by atoms with Crippen molar-refractivity contribution in [3.8, 4) is 0 Å². The molecular formula is C16H13FN2O5S. The summed E-state index contributed by atoms with van der Waals surface area (Å²) in [4.78, 5) is 16.0. The lowest BCUT2D eigenvalue weighted by Crippen LogP contribution is -2.19. The van der Waals surface area contributed by atoms with Crippen LogP contribution in [0, 0.1) is 5.82 Å². The number of para-hydroxylation sites is 2. The summed E-state index contributed by atoms with van der Waals surface area (Å²) in [5.41, 5.74) is 0.635. The SMILES string of the molecule is CNS(=O)(=O)c1ccc(F)c(C(=O)OCc2nc3ccccc3o2)c1. The van der Waals surface area contributed by atoms with E-state index >= 15 is 0 Å². The Bertz CT molecular complexity index is 1010. The van der Waals surface area contributed by atoms with E-state index in [0.29, 0.717) is 11.1 Å². The van der Waals surface area contributed by atoms with Crippen molar-refractivity contribution in [1.82, 2.24) is 9.71 Å². The number of nitrogens with one attached hydrogen (secondary N) is 1. The number of oxazole rings is 1. The molecule has 0 radical (unpaired) electrons. The lowest BCUT2D eigenvalue weighted by atomic mass is 10.2. The van der Waals surface area contributed by atoms with Gasteiger partial charge in [-0.3, -0.25) is 0 Å². The fraction of sp³-hybridized carbons (Fsp3) is 0.125. The van der Waals surface area contributed by atoms with Gasteiger partial charge in [0.1, 0.15) is 11.3 Å². The molecule has 1 heterocycles. The Morgan fingerprint density at radius 3 is 2.76 bits per heavy atom. The Labute approximate surface area is 142 Å². The van der Waals surface area contributed by atoms with Gasteiger partial charge in [-0.15, -0.1) is 0 Å². The number of benzene rings is 2. The zero-order chi connectivity index (χ0) is 18.0. The molecule has 130 valence electrons. The molecule has 0 unspecified atom stereocenters. The predicted molar refractivity (Wildman–Crippen MR) is 85.8 cm³/mol. The monoisotopic (exact) mass is 364 g/mol. The molecule has 9 heteroatoms. The van der Waals surface area contributed by atoms with Gasteiger partial charge < -0.3 is 9.15 Å². The third kappa shape index (κ3) is 3.52. The highest BCUT2D eigenvalue weighted by molar-refractivity contribution is 7.89. The quantitative estimate of drug-likeness (QED) is 0.697. The summed E-state index contributed by atoms with van der Waals surface area (Å²) in [5.74, 6) is -1.76. The second kappa shape index (κ2) is 6.61. The van der Waals surface area contributed by atoms with E-state index in [2.05, 4.69) is 9.71 Å². The van der Waals surface area contributed by atoms with Crippen molar-refractivity contribution in [3.63, 3.8) is 0 Å². The number of esters is 1. The van der Waals surface area contributed by atoms with E-state index in [0.717, 1.165) is 18.2 Å². The summed E-state index contributed by atoms with van der Waals surface area (Å²) in [6, 6.07) is 9.85. The Balaban J connectivity index is 1.80. The van der Waals surface area contributed by atoms with Crippen LogP contribution in [0.3, 0.4) is 0 Å². The van der Waals surface area contributed by atoms with Crippen LogP contribution in [-0.4, -0.2) is 26.4 Å². The minimum Gasteiger partial charge on any atom is -0.452 e. The molecule has 0 aliphatic rings. The number of carbonyl (C=O) groups is 1. The third-order valence-electron chi connectivity index (χ3n) is 3.40. The number of hydrogen-bond acceptors (Lipinski definition) is 6. The van der Waals surface area contributed by atoms with E-state index in [-0.39, 0.29) is 17.4 Å². The zero-order valence-corrected chi connectivity index (χ0v) is 13.8. The Hall–Kier alpha value is -2.78. The molecule has 0 saturated carbocycles. The fourth-order valence-electron chi connectivity index (χ4n) is 2.13. The van der Waals surface area contributed by atoms with Crippen LogP contribution in [0.1, 0.15) is 16.2 Å². The first-order chi connectivity index (χ1) is 11.9. The van der Waals surface area contributed by atoms with Crippen LogP contribution < -0.4 is 4.72 Å². The van der Waals surface area contributed by atoms with E-state index in [1.165, 1.54) is 7.05 Å². The molecule has 0 bridgehead atoms. The summed E-state index contributed by atoms with van der Waals surface area (Å²) >= 11 is 0. The predicted octanol–water partition coefficient (Wildman–Crippen LogP) is 2.23. The molecule has 7 nitrogen and oxygen atoms in total. The molecule has 0 amide bonds. The Kier molecular flexibility index (Phi) is 4.51. The maximum Gasteiger partial charge on any atom is 0.341 e. The summed E-state index contributed by atoms with van der Waals surface area (Å²) in [5, 5.41) is 0. The van der Waals surface area contributed by atoms with Crippen LogP contribution in [-0.2, 0) is 21.4 Å². The van der Waals surface area contributed by atoms with E-state index in [4.69, 9.17) is 9.15 Å². The van der Waals surface area contributed by atoms with Crippen molar-refractivity contribution in [3.05, 3.63) is 59.7 Å². The molecule has 25 heavy (non-hydrogen) atoms. The van der Waals surface area contributed by atoms with Gasteiger partial charge in [0.25, 0.3) is 0 Å². The van der Waals surface area contributed by atoms with Gasteiger partial charge in [0, 0.05) is 0 Å². The van der Waals surface area contributed by atoms with Crippen LogP contribution in [0.5, 0.6) is 0 Å². The van der Waals surface area contributed by atoms with Gasteiger partial charge in [-0.25, -0.2) is 27.3 Å². The average molecular weight is 364 g/mol. The molecule has 1 aromatic heterocycles. The normalized spacial score (nSPS) is 11.6. The highest BCUT2D eigenvalue weighted by Crippen LogP contribution is 2.18. The molecule has 0 aliphatic carbocycles. The molecule has 1 N–H and O–H groups in total. The molecule has 0 atom stereocenters. The minimum absolute atomic E-state index is 0.147. The maximum absolute atomic E-state index is 13.9. The lowest BCUT2D eigenvalue weighted by molar-refractivity contribution is 0.0434. The third-order valence-corrected chi connectivity index (χ3v) is 4.81. The maximum atomic E-state index is 13.9. The smallest absolute Gasteiger partial charge is 0.341 e. The zero-order valence-electron chi connectivity index (χ0n) is 13.0. The van der Waals surface area contributed by atoms with E-state index in [1.54, 1.807) is 24.3 Å². The number of nitrogens with zero attached hydrogens (tertiary/aromatic N) is 1. The van der Waals surface area contributed by atoms with E-state index < -0.39 is 27.4 Å². The fourth-order valence-corrected chi connectivity index (χ4v) is 2.89. The van der Waals surface area contributed by atoms with E-state index in [9.17, 15) is 17.6 Å². The lowest BCUT2D eigenvalue weighted by Gasteiger charge is -2.07. The molecule has 3 aromatic rings. The largest absolute Gasteiger partial charge is 0.452 e. The summed E-state index contributed by atoms with van der Waals surface area (Å²) in [6.07, 6.45) is 0. The van der Waals surface area contributed by atoms with Crippen LogP contribution in [0.2, 0.25) is 0 Å². The van der Waals surface area contributed by atoms with Crippen LogP contribution >= 0.6 is 0 Å². The first-order valence-corrected chi connectivity index (χ1v) is 8.64. The number of sulfonamides is 1. The first kappa shape index (κ1) is 17.1. The highest BCUT2D eigenvalue weighted by Gasteiger charge is 2.20. The number of ether oxygens (including phenoxy) is 1. The Morgan fingerprint density at radius 1 is 1.28 bits per heavy atom. The summed E-state index contributed by atoms with van der Waals surface area (Å²) in [6.45, 7) is -0.310. The minimum atomic E-state index is -3.81. The molecule has 0 saturated heterocycles. The average Bonchev–Trinajstić information content (AvgIpc) is 3.02. The Morgan fingerprint density at radius 2 is 2.04 bits per heavy atom. The summed E-state index contributed by atoms with van der Waals surface area (Å²) < 4.78 is 49.8. The molecule has 0 spiro atoms. The molecule has 0 aliphatic heterocycles. The topological polar surface area (TPSA) is 98.5 Å². The van der Waals surface area contributed by atoms with Gasteiger partial charge in [-0.1, -0.05) is 12.1 Å². The van der Waals surface area contributed by atoms with Crippen molar-refractivity contribution in [1.29, 1.82) is 0 Å². The van der Waals surface area contributed by atoms with Crippen molar-refractivity contribution >= 4 is 27.1 Å². The molecular weight excluding hydrogens is 351 g/mol. The van der Waals surface area contributed by atoms with Gasteiger partial charge in [-0.05, 0) is 37.4 Å². The number of carbonyl (C=O) groups excluding carboxylic acids is 1. The number of aromatic nitrogens is 1. The number of halogens is 1. The molecule has 3 rings (SSSR count). The van der Waals surface area contributed by atoms with Crippen molar-refractivity contribution in [2.24, 2.45) is 0 Å². The van der Waals surface area contributed by atoms with Gasteiger partial charge in [0.15, 0.2) is 12.2 Å². The second-order valence-electron chi connectivity index (χ2n) is 5.00. The first-order valence-electron chi connectivity index (χ1n) is 7.15. The van der Waals surface area contributed by atoms with Gasteiger partial charge in [0.05, 0.1) is 10.5 Å². The second-order valence-corrected chi connectivity index (χ2v) is 6.89. The van der Waals surface area contributed by atoms with Crippen LogP contribution in [0.4, 0.5) is 4.39 Å².